The van der Waals surface area contributed by atoms with Gasteiger partial charge < -0.3 is 9.47 Å². The molecule has 0 spiro atoms. The number of carbonyl (C=O) groups excluding carboxylic acids is 1. The Morgan fingerprint density at radius 3 is 2.68 bits per heavy atom. The van der Waals surface area contributed by atoms with E-state index < -0.39 is 0 Å². The van der Waals surface area contributed by atoms with Gasteiger partial charge in [0.1, 0.15) is 6.54 Å². The molecule has 0 fully saturated rings. The largest absolute Gasteiger partial charge is 0.338 e. The summed E-state index contributed by atoms with van der Waals surface area (Å²) in [6.45, 7) is 6.36. The van der Waals surface area contributed by atoms with Crippen molar-refractivity contribution in [2.45, 2.75) is 39.3 Å². The number of nitrogens with zero attached hydrogens (tertiary/aromatic N) is 2. The molecule has 0 unspecified atom stereocenters. The zero-order valence-electron chi connectivity index (χ0n) is 14.9. The van der Waals surface area contributed by atoms with Crippen LogP contribution in [0.3, 0.4) is 0 Å². The van der Waals surface area contributed by atoms with Gasteiger partial charge in [0.15, 0.2) is 0 Å². The van der Waals surface area contributed by atoms with Gasteiger partial charge in [-0.1, -0.05) is 44.2 Å². The molecule has 2 aromatic carbocycles. The third-order valence-corrected chi connectivity index (χ3v) is 5.25. The molecule has 0 atom stereocenters. The molecule has 25 heavy (non-hydrogen) atoms. The van der Waals surface area contributed by atoms with Crippen molar-refractivity contribution in [3.05, 3.63) is 71.4 Å². The molecule has 0 aliphatic carbocycles. The maximum absolute atomic E-state index is 12.8. The Kier molecular flexibility index (Phi) is 4.08. The fraction of sp³-hybridized carbons (Fsp3) is 0.318. The first-order valence-electron chi connectivity index (χ1n) is 9.05. The Morgan fingerprint density at radius 1 is 1.08 bits per heavy atom. The van der Waals surface area contributed by atoms with Crippen molar-refractivity contribution in [3.63, 3.8) is 0 Å². The average Bonchev–Trinajstić information content (AvgIpc) is 3.03. The second-order valence-corrected chi connectivity index (χ2v) is 7.25. The van der Waals surface area contributed by atoms with Crippen LogP contribution in [-0.4, -0.2) is 21.9 Å². The number of rotatable bonds is 3. The molecule has 1 amide bonds. The molecule has 1 aromatic heterocycles. The predicted octanol–water partition coefficient (Wildman–Crippen LogP) is 4.35. The topological polar surface area (TPSA) is 25.2 Å². The lowest BCUT2D eigenvalue weighted by molar-refractivity contribution is -0.132. The molecule has 4 rings (SSSR count). The maximum atomic E-state index is 12.8. The van der Waals surface area contributed by atoms with Crippen molar-refractivity contribution >= 4 is 16.8 Å². The third-order valence-electron chi connectivity index (χ3n) is 5.25. The lowest BCUT2D eigenvalue weighted by Gasteiger charge is -2.29. The van der Waals surface area contributed by atoms with E-state index in [1.807, 2.05) is 11.1 Å². The molecular weight excluding hydrogens is 308 g/mol. The van der Waals surface area contributed by atoms with E-state index in [0.29, 0.717) is 12.5 Å². The summed E-state index contributed by atoms with van der Waals surface area (Å²) in [4.78, 5) is 14.8. The second kappa shape index (κ2) is 6.40. The van der Waals surface area contributed by atoms with Gasteiger partial charge in [0, 0.05) is 24.8 Å². The minimum atomic E-state index is 0.194. The standard InChI is InChI=1S/C22H24N2O/c1-16(2)18-7-8-21-19(13-18)10-11-23(21)15-22(25)24-12-9-17-5-3-4-6-20(17)14-24/h3-8,10-11,13,16H,9,12,14-15H2,1-2H3. The first-order chi connectivity index (χ1) is 12.1. The minimum Gasteiger partial charge on any atom is -0.338 e. The van der Waals surface area contributed by atoms with E-state index >= 15 is 0 Å². The van der Waals surface area contributed by atoms with E-state index in [1.165, 1.54) is 22.1 Å². The summed E-state index contributed by atoms with van der Waals surface area (Å²) < 4.78 is 2.07. The highest BCUT2D eigenvalue weighted by atomic mass is 16.2. The van der Waals surface area contributed by atoms with Crippen LogP contribution in [-0.2, 0) is 24.3 Å². The Bertz CT molecular complexity index is 923. The monoisotopic (exact) mass is 332 g/mol. The van der Waals surface area contributed by atoms with E-state index in [9.17, 15) is 4.79 Å². The molecule has 3 aromatic rings. The summed E-state index contributed by atoms with van der Waals surface area (Å²) in [5.74, 6) is 0.711. The van der Waals surface area contributed by atoms with Crippen molar-refractivity contribution in [2.75, 3.05) is 6.54 Å². The van der Waals surface area contributed by atoms with Gasteiger partial charge in [0.2, 0.25) is 5.91 Å². The fourth-order valence-electron chi connectivity index (χ4n) is 3.67. The Balaban J connectivity index is 1.53. The van der Waals surface area contributed by atoms with Gasteiger partial charge >= 0.3 is 0 Å². The molecule has 128 valence electrons. The normalized spacial score (nSPS) is 14.1. The number of hydrogen-bond donors (Lipinski definition) is 0. The van der Waals surface area contributed by atoms with Crippen molar-refractivity contribution in [2.24, 2.45) is 0 Å². The highest BCUT2D eigenvalue weighted by Crippen LogP contribution is 2.23. The van der Waals surface area contributed by atoms with E-state index in [1.54, 1.807) is 0 Å². The quantitative estimate of drug-likeness (QED) is 0.700. The summed E-state index contributed by atoms with van der Waals surface area (Å²) >= 11 is 0. The summed E-state index contributed by atoms with van der Waals surface area (Å²) in [7, 11) is 0. The van der Waals surface area contributed by atoms with Crippen molar-refractivity contribution in [3.8, 4) is 0 Å². The average molecular weight is 332 g/mol. The number of carbonyl (C=O) groups is 1. The van der Waals surface area contributed by atoms with E-state index in [-0.39, 0.29) is 5.91 Å². The summed E-state index contributed by atoms with van der Waals surface area (Å²) in [6.07, 6.45) is 2.98. The number of benzene rings is 2. The molecule has 3 heteroatoms. The van der Waals surface area contributed by atoms with Crippen LogP contribution in [0.25, 0.3) is 10.9 Å². The summed E-state index contributed by atoms with van der Waals surface area (Å²) in [5, 5.41) is 1.21. The fourth-order valence-corrected chi connectivity index (χ4v) is 3.67. The van der Waals surface area contributed by atoms with Gasteiger partial charge in [-0.15, -0.1) is 0 Å². The smallest absolute Gasteiger partial charge is 0.242 e. The predicted molar refractivity (Wildman–Crippen MR) is 102 cm³/mol. The van der Waals surface area contributed by atoms with Crippen LogP contribution in [0, 0.1) is 0 Å². The zero-order valence-corrected chi connectivity index (χ0v) is 14.9. The van der Waals surface area contributed by atoms with E-state index in [4.69, 9.17) is 0 Å². The summed E-state index contributed by atoms with van der Waals surface area (Å²) in [6, 6.07) is 17.1. The van der Waals surface area contributed by atoms with Gasteiger partial charge in [-0.2, -0.15) is 0 Å². The van der Waals surface area contributed by atoms with Gasteiger partial charge in [-0.05, 0) is 52.6 Å². The van der Waals surface area contributed by atoms with Crippen molar-refractivity contribution < 1.29 is 4.79 Å². The van der Waals surface area contributed by atoms with Crippen molar-refractivity contribution in [1.82, 2.24) is 9.47 Å². The Morgan fingerprint density at radius 2 is 1.88 bits per heavy atom. The third kappa shape index (κ3) is 3.07. The molecule has 0 N–H and O–H groups in total. The second-order valence-electron chi connectivity index (χ2n) is 7.25. The van der Waals surface area contributed by atoms with Crippen LogP contribution in [0.4, 0.5) is 0 Å². The molecular formula is C22H24N2O. The number of amides is 1. The van der Waals surface area contributed by atoms with Gasteiger partial charge in [-0.25, -0.2) is 0 Å². The highest BCUT2D eigenvalue weighted by molar-refractivity contribution is 5.84. The molecule has 0 saturated carbocycles. The molecule has 1 aliphatic rings. The van der Waals surface area contributed by atoms with Crippen LogP contribution < -0.4 is 0 Å². The van der Waals surface area contributed by atoms with E-state index in [2.05, 4.69) is 66.9 Å². The summed E-state index contributed by atoms with van der Waals surface area (Å²) in [5.41, 5.74) is 5.12. The molecule has 0 saturated heterocycles. The molecule has 1 aliphatic heterocycles. The van der Waals surface area contributed by atoms with Gasteiger partial charge in [-0.3, -0.25) is 4.79 Å². The Labute approximate surface area is 148 Å². The van der Waals surface area contributed by atoms with Crippen LogP contribution >= 0.6 is 0 Å². The number of fused-ring (bicyclic) bond motifs is 2. The molecule has 2 heterocycles. The van der Waals surface area contributed by atoms with Crippen LogP contribution in [0.1, 0.15) is 36.5 Å². The highest BCUT2D eigenvalue weighted by Gasteiger charge is 2.20. The van der Waals surface area contributed by atoms with E-state index in [0.717, 1.165) is 25.0 Å². The number of hydrogen-bond acceptors (Lipinski definition) is 1. The van der Waals surface area contributed by atoms with Gasteiger partial charge in [0.25, 0.3) is 0 Å². The SMILES string of the molecule is CC(C)c1ccc2c(ccn2CC(=O)N2CCc3ccccc3C2)c1. The lowest BCUT2D eigenvalue weighted by Crippen LogP contribution is -2.37. The first kappa shape index (κ1) is 15.9. The van der Waals surface area contributed by atoms with Gasteiger partial charge in [0.05, 0.1) is 0 Å². The first-order valence-corrected chi connectivity index (χ1v) is 9.05. The Hall–Kier alpha value is -2.55. The van der Waals surface area contributed by atoms with Crippen LogP contribution in [0.5, 0.6) is 0 Å². The minimum absolute atomic E-state index is 0.194. The molecule has 0 bridgehead atoms. The number of aromatic nitrogens is 1. The van der Waals surface area contributed by atoms with Crippen LogP contribution in [0.2, 0.25) is 0 Å². The van der Waals surface area contributed by atoms with Crippen LogP contribution in [0.15, 0.2) is 54.7 Å². The maximum Gasteiger partial charge on any atom is 0.242 e. The lowest BCUT2D eigenvalue weighted by atomic mass is 10.00. The molecule has 3 nitrogen and oxygen atoms in total. The van der Waals surface area contributed by atoms with Crippen molar-refractivity contribution in [1.29, 1.82) is 0 Å². The molecule has 0 radical (unpaired) electrons. The zero-order chi connectivity index (χ0) is 17.4.